The number of carboxylic acid groups (broad SMARTS) is 1. The molecule has 0 saturated heterocycles. The maximum Gasteiger partial charge on any atom is 0.335 e. The lowest BCUT2D eigenvalue weighted by molar-refractivity contribution is 0.0697. The smallest absolute Gasteiger partial charge is 0.335 e. The topological polar surface area (TPSA) is 63.3 Å². The van der Waals surface area contributed by atoms with Crippen LogP contribution in [-0.2, 0) is 0 Å². The zero-order valence-corrected chi connectivity index (χ0v) is 10.6. The predicted octanol–water partition coefficient (Wildman–Crippen LogP) is 3.77. The van der Waals surface area contributed by atoms with Gasteiger partial charge in [-0.25, -0.2) is 9.78 Å². The van der Waals surface area contributed by atoms with Gasteiger partial charge in [0.1, 0.15) is 0 Å². The number of benzene rings is 1. The fourth-order valence-corrected chi connectivity index (χ4v) is 2.50. The quantitative estimate of drug-likeness (QED) is 0.787. The third-order valence-corrected chi connectivity index (χ3v) is 3.52. The van der Waals surface area contributed by atoms with E-state index in [1.54, 1.807) is 30.5 Å². The summed E-state index contributed by atoms with van der Waals surface area (Å²) >= 11 is 1.49. The molecule has 0 amide bonds. The number of furan rings is 1. The normalized spacial score (nSPS) is 10.5. The summed E-state index contributed by atoms with van der Waals surface area (Å²) in [6, 6.07) is 10.3. The van der Waals surface area contributed by atoms with E-state index in [9.17, 15) is 4.79 Å². The van der Waals surface area contributed by atoms with Gasteiger partial charge in [0.25, 0.3) is 0 Å². The van der Waals surface area contributed by atoms with Crippen LogP contribution < -0.4 is 0 Å². The molecule has 0 saturated carbocycles. The van der Waals surface area contributed by atoms with Crippen molar-refractivity contribution in [2.24, 2.45) is 0 Å². The summed E-state index contributed by atoms with van der Waals surface area (Å²) in [6.07, 6.45) is 1.61. The Kier molecular flexibility index (Phi) is 2.89. The van der Waals surface area contributed by atoms with E-state index in [0.717, 1.165) is 22.0 Å². The number of hydrogen-bond donors (Lipinski definition) is 1. The number of aromatic nitrogens is 1. The lowest BCUT2D eigenvalue weighted by Crippen LogP contribution is -1.94. The highest BCUT2D eigenvalue weighted by Crippen LogP contribution is 2.29. The molecule has 0 bridgehead atoms. The van der Waals surface area contributed by atoms with Crippen molar-refractivity contribution >= 4 is 17.3 Å². The maximum absolute atomic E-state index is 10.8. The second-order valence-corrected chi connectivity index (χ2v) is 4.76. The summed E-state index contributed by atoms with van der Waals surface area (Å²) in [5.74, 6) is -0.195. The first-order valence-corrected chi connectivity index (χ1v) is 6.45. The first-order chi connectivity index (χ1) is 9.24. The molecule has 1 N–H and O–H groups in total. The van der Waals surface area contributed by atoms with E-state index in [1.807, 2.05) is 17.5 Å². The zero-order chi connectivity index (χ0) is 13.2. The Bertz CT molecular complexity index is 699. The van der Waals surface area contributed by atoms with Gasteiger partial charge >= 0.3 is 5.97 Å². The third-order valence-electron chi connectivity index (χ3n) is 2.66. The molecule has 0 radical (unpaired) electrons. The molecule has 3 rings (SSSR count). The summed E-state index contributed by atoms with van der Waals surface area (Å²) in [5.41, 5.74) is 1.97. The van der Waals surface area contributed by atoms with Crippen LogP contribution in [-0.4, -0.2) is 16.1 Å². The van der Waals surface area contributed by atoms with Crippen LogP contribution in [0.3, 0.4) is 0 Å². The predicted molar refractivity (Wildman–Crippen MR) is 72.2 cm³/mol. The second-order valence-electron chi connectivity index (χ2n) is 3.90. The number of thiazole rings is 1. The second kappa shape index (κ2) is 4.70. The van der Waals surface area contributed by atoms with Crippen LogP contribution in [0, 0.1) is 0 Å². The van der Waals surface area contributed by atoms with E-state index in [2.05, 4.69) is 4.98 Å². The molecule has 2 aromatic heterocycles. The lowest BCUT2D eigenvalue weighted by Gasteiger charge is -1.97. The SMILES string of the molecule is O=C(O)c1ccc(-c2csc(-c3ccco3)n2)cc1. The molecule has 0 aliphatic carbocycles. The number of carboxylic acids is 1. The fraction of sp³-hybridized carbons (Fsp3) is 0. The number of carbonyl (C=O) groups is 1. The van der Waals surface area contributed by atoms with Gasteiger partial charge in [-0.3, -0.25) is 0 Å². The van der Waals surface area contributed by atoms with Crippen LogP contribution >= 0.6 is 11.3 Å². The minimum absolute atomic E-state index is 0.269. The maximum atomic E-state index is 10.8. The van der Waals surface area contributed by atoms with Gasteiger partial charge in [0.2, 0.25) is 0 Å². The molecule has 2 heterocycles. The van der Waals surface area contributed by atoms with Crippen molar-refractivity contribution in [1.82, 2.24) is 4.98 Å². The molecule has 94 valence electrons. The average molecular weight is 271 g/mol. The molecule has 0 atom stereocenters. The Morgan fingerprint density at radius 2 is 2.00 bits per heavy atom. The summed E-state index contributed by atoms with van der Waals surface area (Å²) in [5, 5.41) is 11.6. The molecule has 5 heteroatoms. The molecule has 1 aromatic carbocycles. The van der Waals surface area contributed by atoms with Crippen molar-refractivity contribution in [2.45, 2.75) is 0 Å². The molecule has 4 nitrogen and oxygen atoms in total. The van der Waals surface area contributed by atoms with Crippen molar-refractivity contribution in [3.63, 3.8) is 0 Å². The molecule has 0 spiro atoms. The van der Waals surface area contributed by atoms with E-state index in [1.165, 1.54) is 11.3 Å². The molecule has 0 aliphatic rings. The monoisotopic (exact) mass is 271 g/mol. The van der Waals surface area contributed by atoms with Gasteiger partial charge in [-0.1, -0.05) is 12.1 Å². The van der Waals surface area contributed by atoms with Crippen molar-refractivity contribution < 1.29 is 14.3 Å². The highest BCUT2D eigenvalue weighted by atomic mass is 32.1. The van der Waals surface area contributed by atoms with Crippen molar-refractivity contribution in [3.8, 4) is 22.0 Å². The standard InChI is InChI=1S/C14H9NO3S/c16-14(17)10-5-3-9(4-6-10)11-8-19-13(15-11)12-2-1-7-18-12/h1-8H,(H,16,17). The Balaban J connectivity index is 1.92. The van der Waals surface area contributed by atoms with Crippen LogP contribution in [0.25, 0.3) is 22.0 Å². The number of rotatable bonds is 3. The summed E-state index contributed by atoms with van der Waals surface area (Å²) in [6.45, 7) is 0. The van der Waals surface area contributed by atoms with Gasteiger partial charge in [0.15, 0.2) is 10.8 Å². The van der Waals surface area contributed by atoms with E-state index < -0.39 is 5.97 Å². The van der Waals surface area contributed by atoms with Gasteiger partial charge in [0, 0.05) is 10.9 Å². The molecule has 3 aromatic rings. The molecule has 19 heavy (non-hydrogen) atoms. The van der Waals surface area contributed by atoms with Crippen LogP contribution in [0.4, 0.5) is 0 Å². The Labute approximate surface area is 113 Å². The average Bonchev–Trinajstić information content (AvgIpc) is 3.10. The Hall–Kier alpha value is -2.40. The molecular formula is C14H9NO3S. The number of hydrogen-bond acceptors (Lipinski definition) is 4. The van der Waals surface area contributed by atoms with Gasteiger partial charge in [-0.15, -0.1) is 11.3 Å². The minimum Gasteiger partial charge on any atom is -0.478 e. The van der Waals surface area contributed by atoms with E-state index in [-0.39, 0.29) is 5.56 Å². The molecular weight excluding hydrogens is 262 g/mol. The number of aromatic carboxylic acids is 1. The zero-order valence-electron chi connectivity index (χ0n) is 9.74. The third kappa shape index (κ3) is 2.28. The first kappa shape index (κ1) is 11.7. The van der Waals surface area contributed by atoms with Crippen molar-refractivity contribution in [2.75, 3.05) is 0 Å². The van der Waals surface area contributed by atoms with Crippen LogP contribution in [0.5, 0.6) is 0 Å². The highest BCUT2D eigenvalue weighted by Gasteiger charge is 2.09. The van der Waals surface area contributed by atoms with Gasteiger partial charge in [0.05, 0.1) is 17.5 Å². The number of nitrogens with zero attached hydrogens (tertiary/aromatic N) is 1. The van der Waals surface area contributed by atoms with Crippen molar-refractivity contribution in [3.05, 3.63) is 53.6 Å². The van der Waals surface area contributed by atoms with Gasteiger partial charge in [-0.05, 0) is 24.3 Å². The fourth-order valence-electron chi connectivity index (χ4n) is 1.70. The minimum atomic E-state index is -0.930. The highest BCUT2D eigenvalue weighted by molar-refractivity contribution is 7.13. The van der Waals surface area contributed by atoms with Crippen molar-refractivity contribution in [1.29, 1.82) is 0 Å². The summed E-state index contributed by atoms with van der Waals surface area (Å²) in [7, 11) is 0. The van der Waals surface area contributed by atoms with Crippen LogP contribution in [0.2, 0.25) is 0 Å². The van der Waals surface area contributed by atoms with Crippen LogP contribution in [0.1, 0.15) is 10.4 Å². The van der Waals surface area contributed by atoms with Gasteiger partial charge in [-0.2, -0.15) is 0 Å². The molecule has 0 fully saturated rings. The molecule has 0 aliphatic heterocycles. The largest absolute Gasteiger partial charge is 0.478 e. The Morgan fingerprint density at radius 1 is 1.21 bits per heavy atom. The van der Waals surface area contributed by atoms with E-state index in [4.69, 9.17) is 9.52 Å². The van der Waals surface area contributed by atoms with Gasteiger partial charge < -0.3 is 9.52 Å². The van der Waals surface area contributed by atoms with E-state index >= 15 is 0 Å². The van der Waals surface area contributed by atoms with Crippen LogP contribution in [0.15, 0.2) is 52.5 Å². The summed E-state index contributed by atoms with van der Waals surface area (Å²) in [4.78, 5) is 15.3. The lowest BCUT2D eigenvalue weighted by atomic mass is 10.1. The molecule has 0 unspecified atom stereocenters. The van der Waals surface area contributed by atoms with E-state index in [0.29, 0.717) is 0 Å². The first-order valence-electron chi connectivity index (χ1n) is 5.57. The summed E-state index contributed by atoms with van der Waals surface area (Å²) < 4.78 is 5.29. The Morgan fingerprint density at radius 3 is 2.63 bits per heavy atom.